The van der Waals surface area contributed by atoms with Gasteiger partial charge in [-0.25, -0.2) is 0 Å². The van der Waals surface area contributed by atoms with E-state index in [9.17, 15) is 18.4 Å². The summed E-state index contributed by atoms with van der Waals surface area (Å²) in [6.45, 7) is -3.68. The number of carboxylic acids is 1. The maximum Gasteiger partial charge on any atom is 0.387 e. The number of methoxy groups -OCH3 is 2. The van der Waals surface area contributed by atoms with E-state index in [4.69, 9.17) is 14.6 Å². The lowest BCUT2D eigenvalue weighted by molar-refractivity contribution is -0.137. The average Bonchev–Trinajstić information content (AvgIpc) is 2.65. The lowest BCUT2D eigenvalue weighted by Crippen LogP contribution is -2.35. The minimum Gasteiger partial charge on any atom is -0.497 e. The summed E-state index contributed by atoms with van der Waals surface area (Å²) >= 11 is 0. The average molecular weight is 395 g/mol. The fraction of sp³-hybridized carbons (Fsp3) is 0.263. The van der Waals surface area contributed by atoms with Crippen LogP contribution in [0.5, 0.6) is 17.2 Å². The summed E-state index contributed by atoms with van der Waals surface area (Å²) < 4.78 is 39.4. The Morgan fingerprint density at radius 3 is 2.21 bits per heavy atom. The maximum atomic E-state index is 12.8. The number of rotatable bonds is 9. The van der Waals surface area contributed by atoms with Gasteiger partial charge in [0.05, 0.1) is 14.2 Å². The number of carbonyl (C=O) groups is 2. The standard InChI is InChI=1S/C19H19F2NO6/c1-26-15-6-12(7-16(9-15)27-2)10-22(11-17(23)24)18(25)13-4-3-5-14(8-13)28-19(20)21/h3-9,19H,10-11H2,1-2H3,(H,23,24). The van der Waals surface area contributed by atoms with Gasteiger partial charge in [-0.15, -0.1) is 0 Å². The molecule has 0 aliphatic carbocycles. The molecule has 7 nitrogen and oxygen atoms in total. The molecule has 9 heteroatoms. The molecule has 0 fully saturated rings. The molecule has 0 bridgehead atoms. The smallest absolute Gasteiger partial charge is 0.387 e. The van der Waals surface area contributed by atoms with Crippen molar-refractivity contribution in [2.24, 2.45) is 0 Å². The van der Waals surface area contributed by atoms with Crippen LogP contribution < -0.4 is 14.2 Å². The lowest BCUT2D eigenvalue weighted by Gasteiger charge is -2.22. The van der Waals surface area contributed by atoms with E-state index in [1.807, 2.05) is 0 Å². The minimum atomic E-state index is -3.04. The largest absolute Gasteiger partial charge is 0.497 e. The summed E-state index contributed by atoms with van der Waals surface area (Å²) in [4.78, 5) is 25.1. The van der Waals surface area contributed by atoms with Gasteiger partial charge in [0.2, 0.25) is 0 Å². The maximum absolute atomic E-state index is 12.8. The van der Waals surface area contributed by atoms with Gasteiger partial charge in [0.15, 0.2) is 0 Å². The first kappa shape index (κ1) is 20.9. The zero-order chi connectivity index (χ0) is 20.7. The number of halogens is 2. The van der Waals surface area contributed by atoms with Gasteiger partial charge in [-0.1, -0.05) is 6.07 Å². The Hall–Kier alpha value is -3.36. The van der Waals surface area contributed by atoms with Gasteiger partial charge in [-0.2, -0.15) is 8.78 Å². The highest BCUT2D eigenvalue weighted by Gasteiger charge is 2.20. The Kier molecular flexibility index (Phi) is 7.14. The first-order chi connectivity index (χ1) is 13.3. The third-order valence-electron chi connectivity index (χ3n) is 3.70. The van der Waals surface area contributed by atoms with E-state index in [1.54, 1.807) is 18.2 Å². The van der Waals surface area contributed by atoms with Crippen molar-refractivity contribution >= 4 is 11.9 Å². The third-order valence-corrected chi connectivity index (χ3v) is 3.70. The van der Waals surface area contributed by atoms with Gasteiger partial charge in [0.1, 0.15) is 23.8 Å². The molecular weight excluding hydrogens is 376 g/mol. The molecule has 0 saturated carbocycles. The van der Waals surface area contributed by atoms with Crippen molar-refractivity contribution in [1.82, 2.24) is 4.90 Å². The van der Waals surface area contributed by atoms with Crippen molar-refractivity contribution in [1.29, 1.82) is 0 Å². The van der Waals surface area contributed by atoms with E-state index in [0.717, 1.165) is 11.0 Å². The van der Waals surface area contributed by atoms with Crippen LogP contribution in [-0.2, 0) is 11.3 Å². The van der Waals surface area contributed by atoms with Crippen LogP contribution in [0.1, 0.15) is 15.9 Å². The molecule has 2 aromatic rings. The zero-order valence-corrected chi connectivity index (χ0v) is 15.2. The molecule has 28 heavy (non-hydrogen) atoms. The zero-order valence-electron chi connectivity index (χ0n) is 15.2. The summed E-state index contributed by atoms with van der Waals surface area (Å²) in [6.07, 6.45) is 0. The molecule has 2 rings (SSSR count). The van der Waals surface area contributed by atoms with Crippen molar-refractivity contribution in [3.63, 3.8) is 0 Å². The van der Waals surface area contributed by atoms with Gasteiger partial charge in [-0.3, -0.25) is 9.59 Å². The molecule has 0 heterocycles. The molecule has 1 N–H and O–H groups in total. The number of hydrogen-bond donors (Lipinski definition) is 1. The Balaban J connectivity index is 2.31. The number of carbonyl (C=O) groups excluding carboxylic acids is 1. The number of nitrogens with zero attached hydrogens (tertiary/aromatic N) is 1. The molecule has 2 aromatic carbocycles. The number of amides is 1. The number of carboxylic acid groups (broad SMARTS) is 1. The van der Waals surface area contributed by atoms with Gasteiger partial charge in [0, 0.05) is 18.2 Å². The molecule has 0 radical (unpaired) electrons. The van der Waals surface area contributed by atoms with E-state index in [0.29, 0.717) is 17.1 Å². The van der Waals surface area contributed by atoms with E-state index >= 15 is 0 Å². The van der Waals surface area contributed by atoms with Crippen molar-refractivity contribution < 1.29 is 37.7 Å². The molecule has 150 valence electrons. The molecular formula is C19H19F2NO6. The second-order valence-electron chi connectivity index (χ2n) is 5.68. The number of ether oxygens (including phenoxy) is 3. The van der Waals surface area contributed by atoms with Gasteiger partial charge in [0.25, 0.3) is 5.91 Å². The normalized spacial score (nSPS) is 10.5. The molecule has 0 spiro atoms. The third kappa shape index (κ3) is 5.83. The Morgan fingerprint density at radius 2 is 1.68 bits per heavy atom. The highest BCUT2D eigenvalue weighted by atomic mass is 19.3. The quantitative estimate of drug-likeness (QED) is 0.703. The Bertz CT molecular complexity index is 821. The molecule has 0 aromatic heterocycles. The van der Waals surface area contributed by atoms with Crippen molar-refractivity contribution in [3.05, 3.63) is 53.6 Å². The second-order valence-corrected chi connectivity index (χ2v) is 5.68. The molecule has 0 aliphatic heterocycles. The fourth-order valence-corrected chi connectivity index (χ4v) is 2.53. The van der Waals surface area contributed by atoms with E-state index in [2.05, 4.69) is 4.74 Å². The van der Waals surface area contributed by atoms with E-state index in [1.165, 1.54) is 32.4 Å². The predicted octanol–water partition coefficient (Wildman–Crippen LogP) is 3.03. The van der Waals surface area contributed by atoms with Gasteiger partial charge < -0.3 is 24.2 Å². The number of alkyl halides is 2. The van der Waals surface area contributed by atoms with Crippen LogP contribution in [0.4, 0.5) is 8.78 Å². The Labute approximate surface area is 160 Å². The molecule has 0 saturated heterocycles. The van der Waals surface area contributed by atoms with Crippen LogP contribution >= 0.6 is 0 Å². The highest BCUT2D eigenvalue weighted by molar-refractivity contribution is 5.96. The van der Waals surface area contributed by atoms with E-state index < -0.39 is 25.0 Å². The lowest BCUT2D eigenvalue weighted by atomic mass is 10.1. The Morgan fingerprint density at radius 1 is 1.04 bits per heavy atom. The predicted molar refractivity (Wildman–Crippen MR) is 95.0 cm³/mol. The summed E-state index contributed by atoms with van der Waals surface area (Å²) in [5, 5.41) is 9.17. The summed E-state index contributed by atoms with van der Waals surface area (Å²) in [5.74, 6) is -1.11. The SMILES string of the molecule is COc1cc(CN(CC(=O)O)C(=O)c2cccc(OC(F)F)c2)cc(OC)c1. The van der Waals surface area contributed by atoms with Crippen LogP contribution in [0.15, 0.2) is 42.5 Å². The van der Waals surface area contributed by atoms with Gasteiger partial charge in [-0.05, 0) is 35.9 Å². The fourth-order valence-electron chi connectivity index (χ4n) is 2.53. The van der Waals surface area contributed by atoms with Crippen LogP contribution in [0.3, 0.4) is 0 Å². The van der Waals surface area contributed by atoms with E-state index in [-0.39, 0.29) is 17.9 Å². The molecule has 0 atom stereocenters. The first-order valence-corrected chi connectivity index (χ1v) is 8.10. The van der Waals surface area contributed by atoms with Crippen molar-refractivity contribution in [2.45, 2.75) is 13.2 Å². The van der Waals surface area contributed by atoms with Crippen molar-refractivity contribution in [3.8, 4) is 17.2 Å². The topological polar surface area (TPSA) is 85.3 Å². The summed E-state index contributed by atoms with van der Waals surface area (Å²) in [5.41, 5.74) is 0.597. The monoisotopic (exact) mass is 395 g/mol. The molecule has 0 aliphatic rings. The highest BCUT2D eigenvalue weighted by Crippen LogP contribution is 2.24. The number of benzene rings is 2. The van der Waals surface area contributed by atoms with Crippen LogP contribution in [0, 0.1) is 0 Å². The second kappa shape index (κ2) is 9.54. The number of aliphatic carboxylic acids is 1. The molecule has 1 amide bonds. The summed E-state index contributed by atoms with van der Waals surface area (Å²) in [6, 6.07) is 10.1. The van der Waals surface area contributed by atoms with Crippen LogP contribution in [-0.4, -0.2) is 49.3 Å². The number of hydrogen-bond acceptors (Lipinski definition) is 5. The van der Waals surface area contributed by atoms with Gasteiger partial charge >= 0.3 is 12.6 Å². The molecule has 0 unspecified atom stereocenters. The first-order valence-electron chi connectivity index (χ1n) is 8.10. The van der Waals surface area contributed by atoms with Crippen molar-refractivity contribution in [2.75, 3.05) is 20.8 Å². The summed E-state index contributed by atoms with van der Waals surface area (Å²) in [7, 11) is 2.93. The van der Waals surface area contributed by atoms with Crippen LogP contribution in [0.25, 0.3) is 0 Å². The minimum absolute atomic E-state index is 0.0225. The van der Waals surface area contributed by atoms with Crippen LogP contribution in [0.2, 0.25) is 0 Å².